The highest BCUT2D eigenvalue weighted by Crippen LogP contribution is 2.42. The molecule has 112 valence electrons. The molecule has 0 N–H and O–H groups in total. The van der Waals surface area contributed by atoms with Gasteiger partial charge in [-0.3, -0.25) is 4.79 Å². The predicted octanol–water partition coefficient (Wildman–Crippen LogP) is 2.15. The molecule has 1 heterocycles. The fourth-order valence-corrected chi connectivity index (χ4v) is 5.08. The van der Waals surface area contributed by atoms with Crippen molar-refractivity contribution in [3.63, 3.8) is 0 Å². The molecule has 1 aliphatic heterocycles. The minimum absolute atomic E-state index is 0.0257. The van der Waals surface area contributed by atoms with Gasteiger partial charge in [0.1, 0.15) is 0 Å². The number of benzene rings is 1. The lowest BCUT2D eigenvalue weighted by Crippen LogP contribution is -2.37. The molecule has 21 heavy (non-hydrogen) atoms. The quantitative estimate of drug-likeness (QED) is 0.841. The van der Waals surface area contributed by atoms with Crippen LogP contribution in [0.15, 0.2) is 40.8 Å². The van der Waals surface area contributed by atoms with Crippen molar-refractivity contribution in [2.45, 2.75) is 31.7 Å². The maximum atomic E-state index is 12.8. The first-order chi connectivity index (χ1) is 9.82. The summed E-state index contributed by atoms with van der Waals surface area (Å²) in [5.74, 6) is 0.0279. The lowest BCUT2D eigenvalue weighted by atomic mass is 9.89. The molecular formula is C16H19NO3S. The summed E-state index contributed by atoms with van der Waals surface area (Å²) in [4.78, 5) is 12.1. The Bertz CT molecular complexity index is 718. The fraction of sp³-hybridized carbons (Fsp3) is 0.438. The molecule has 0 radical (unpaired) electrons. The van der Waals surface area contributed by atoms with Crippen molar-refractivity contribution in [3.05, 3.63) is 41.5 Å². The topological polar surface area (TPSA) is 54.5 Å². The summed E-state index contributed by atoms with van der Waals surface area (Å²) in [6, 6.07) is 6.73. The summed E-state index contributed by atoms with van der Waals surface area (Å²) < 4.78 is 27.1. The van der Waals surface area contributed by atoms with Gasteiger partial charge in [-0.1, -0.05) is 24.6 Å². The molecule has 0 saturated carbocycles. The number of carbonyl (C=O) groups excluding carboxylic acids is 1. The summed E-state index contributed by atoms with van der Waals surface area (Å²) in [6.45, 7) is 6.04. The zero-order valence-electron chi connectivity index (χ0n) is 12.4. The normalized spacial score (nSPS) is 29.6. The monoisotopic (exact) mass is 305 g/mol. The number of hydrogen-bond acceptors (Lipinski definition) is 3. The van der Waals surface area contributed by atoms with Crippen LogP contribution >= 0.6 is 0 Å². The molecule has 2 aliphatic rings. The highest BCUT2D eigenvalue weighted by molar-refractivity contribution is 7.89. The van der Waals surface area contributed by atoms with E-state index in [9.17, 15) is 13.2 Å². The van der Waals surface area contributed by atoms with Gasteiger partial charge in [0, 0.05) is 24.4 Å². The molecule has 3 rings (SSSR count). The van der Waals surface area contributed by atoms with Crippen LogP contribution in [0.3, 0.4) is 0 Å². The number of fused-ring (bicyclic) bond motifs is 1. The second kappa shape index (κ2) is 4.78. The Hall–Kier alpha value is -1.46. The van der Waals surface area contributed by atoms with Crippen LogP contribution in [0.25, 0.3) is 0 Å². The lowest BCUT2D eigenvalue weighted by Gasteiger charge is -2.25. The maximum absolute atomic E-state index is 12.8. The van der Waals surface area contributed by atoms with E-state index >= 15 is 0 Å². The molecule has 1 saturated heterocycles. The van der Waals surface area contributed by atoms with Crippen molar-refractivity contribution in [1.29, 1.82) is 0 Å². The molecule has 1 fully saturated rings. The number of sulfonamides is 1. The largest absolute Gasteiger partial charge is 0.295 e. The van der Waals surface area contributed by atoms with Crippen molar-refractivity contribution in [2.75, 3.05) is 6.54 Å². The van der Waals surface area contributed by atoms with Gasteiger partial charge >= 0.3 is 0 Å². The standard InChI is InChI=1S/C16H19NO3S/c1-10-4-6-14(7-5-10)21(19,20)17-9-13-8-15(18)11(2)16(13)12(17)3/h4-8,11-12,16H,9H2,1-3H3/t11-,12-,16+/m1/s1. The highest BCUT2D eigenvalue weighted by atomic mass is 32.2. The number of ketones is 1. The average Bonchev–Trinajstić information content (AvgIpc) is 2.89. The molecular weight excluding hydrogens is 286 g/mol. The van der Waals surface area contributed by atoms with Crippen LogP contribution < -0.4 is 0 Å². The molecule has 0 bridgehead atoms. The molecule has 1 aliphatic carbocycles. The first kappa shape index (κ1) is 14.5. The van der Waals surface area contributed by atoms with Crippen molar-refractivity contribution in [3.8, 4) is 0 Å². The van der Waals surface area contributed by atoms with Crippen LogP contribution in [0, 0.1) is 18.8 Å². The van der Waals surface area contributed by atoms with Crippen molar-refractivity contribution < 1.29 is 13.2 Å². The van der Waals surface area contributed by atoms with Gasteiger partial charge in [-0.25, -0.2) is 8.42 Å². The lowest BCUT2D eigenvalue weighted by molar-refractivity contribution is -0.118. The highest BCUT2D eigenvalue weighted by Gasteiger charge is 2.48. The van der Waals surface area contributed by atoms with E-state index in [4.69, 9.17) is 0 Å². The Morgan fingerprint density at radius 1 is 1.14 bits per heavy atom. The van der Waals surface area contributed by atoms with Crippen LogP contribution in [-0.4, -0.2) is 31.1 Å². The molecule has 4 nitrogen and oxygen atoms in total. The third-order valence-corrected chi connectivity index (χ3v) is 6.63. The van der Waals surface area contributed by atoms with Crippen LogP contribution in [0.5, 0.6) is 0 Å². The van der Waals surface area contributed by atoms with E-state index in [-0.39, 0.29) is 23.7 Å². The van der Waals surface area contributed by atoms with Gasteiger partial charge in [-0.15, -0.1) is 0 Å². The molecule has 0 aromatic heterocycles. The number of carbonyl (C=O) groups is 1. The average molecular weight is 305 g/mol. The number of aryl methyl sites for hydroxylation is 1. The Morgan fingerprint density at radius 3 is 2.33 bits per heavy atom. The third kappa shape index (κ3) is 2.15. The third-order valence-electron chi connectivity index (χ3n) is 4.68. The second-order valence-corrected chi connectivity index (χ2v) is 7.93. The summed E-state index contributed by atoms with van der Waals surface area (Å²) in [5, 5.41) is 0. The van der Waals surface area contributed by atoms with E-state index in [1.54, 1.807) is 30.3 Å². The van der Waals surface area contributed by atoms with E-state index in [0.29, 0.717) is 11.4 Å². The molecule has 3 atom stereocenters. The van der Waals surface area contributed by atoms with Crippen LogP contribution in [0.1, 0.15) is 19.4 Å². The SMILES string of the molecule is Cc1ccc(S(=O)(=O)N2CC3=CC(=O)[C@@H](C)[C@H]3[C@H]2C)cc1. The van der Waals surface area contributed by atoms with E-state index in [1.807, 2.05) is 20.8 Å². The van der Waals surface area contributed by atoms with Gasteiger partial charge in [0.25, 0.3) is 0 Å². The minimum Gasteiger partial charge on any atom is -0.295 e. The van der Waals surface area contributed by atoms with Crippen LogP contribution in [0.4, 0.5) is 0 Å². The first-order valence-electron chi connectivity index (χ1n) is 7.15. The van der Waals surface area contributed by atoms with Crippen molar-refractivity contribution in [2.24, 2.45) is 11.8 Å². The summed E-state index contributed by atoms with van der Waals surface area (Å²) >= 11 is 0. The number of hydrogen-bond donors (Lipinski definition) is 0. The molecule has 0 amide bonds. The summed E-state index contributed by atoms with van der Waals surface area (Å²) in [5.41, 5.74) is 1.98. The second-order valence-electron chi connectivity index (χ2n) is 6.04. The van der Waals surface area contributed by atoms with E-state index in [0.717, 1.165) is 11.1 Å². The number of rotatable bonds is 2. The van der Waals surface area contributed by atoms with Crippen LogP contribution in [-0.2, 0) is 14.8 Å². The van der Waals surface area contributed by atoms with Crippen molar-refractivity contribution in [1.82, 2.24) is 4.31 Å². The summed E-state index contributed by atoms with van der Waals surface area (Å²) in [7, 11) is -3.51. The van der Waals surface area contributed by atoms with Gasteiger partial charge in [0.15, 0.2) is 5.78 Å². The van der Waals surface area contributed by atoms with E-state index < -0.39 is 10.0 Å². The van der Waals surface area contributed by atoms with Gasteiger partial charge in [0.2, 0.25) is 10.0 Å². The molecule has 0 spiro atoms. The molecule has 0 unspecified atom stereocenters. The molecule has 1 aromatic rings. The van der Waals surface area contributed by atoms with Gasteiger partial charge in [-0.05, 0) is 37.6 Å². The number of allylic oxidation sites excluding steroid dienone is 1. The molecule has 5 heteroatoms. The smallest absolute Gasteiger partial charge is 0.243 e. The molecule has 1 aromatic carbocycles. The van der Waals surface area contributed by atoms with E-state index in [2.05, 4.69) is 0 Å². The summed E-state index contributed by atoms with van der Waals surface area (Å²) in [6.07, 6.45) is 1.64. The predicted molar refractivity (Wildman–Crippen MR) is 80.3 cm³/mol. The zero-order valence-corrected chi connectivity index (χ0v) is 13.2. The maximum Gasteiger partial charge on any atom is 0.243 e. The van der Waals surface area contributed by atoms with Crippen LogP contribution in [0.2, 0.25) is 0 Å². The Balaban J connectivity index is 1.97. The van der Waals surface area contributed by atoms with Gasteiger partial charge in [0.05, 0.1) is 4.90 Å². The van der Waals surface area contributed by atoms with Gasteiger partial charge in [-0.2, -0.15) is 4.31 Å². The number of nitrogens with zero attached hydrogens (tertiary/aromatic N) is 1. The minimum atomic E-state index is -3.51. The Kier molecular flexibility index (Phi) is 3.30. The Morgan fingerprint density at radius 2 is 1.76 bits per heavy atom. The first-order valence-corrected chi connectivity index (χ1v) is 8.59. The van der Waals surface area contributed by atoms with Crippen molar-refractivity contribution >= 4 is 15.8 Å². The fourth-order valence-electron chi connectivity index (χ4n) is 3.44. The van der Waals surface area contributed by atoms with E-state index in [1.165, 1.54) is 4.31 Å². The Labute approximate surface area is 125 Å². The van der Waals surface area contributed by atoms with Gasteiger partial charge < -0.3 is 0 Å². The zero-order chi connectivity index (χ0) is 15.4.